The van der Waals surface area contributed by atoms with E-state index < -0.39 is 0 Å². The number of halogens is 2. The largest absolute Gasteiger partial charge is 0.368 e. The maximum atomic E-state index is 14.0. The van der Waals surface area contributed by atoms with Crippen LogP contribution in [-0.2, 0) is 0 Å². The molecular formula is C16H21ClFN3. The Hall–Kier alpha value is -1.39. The summed E-state index contributed by atoms with van der Waals surface area (Å²) in [6.45, 7) is 8.07. The second-order valence-electron chi connectivity index (χ2n) is 4.96. The number of benzene rings is 1. The van der Waals surface area contributed by atoms with E-state index in [1.165, 1.54) is 6.07 Å². The Morgan fingerprint density at radius 2 is 2.00 bits per heavy atom. The van der Waals surface area contributed by atoms with Crippen LogP contribution >= 0.6 is 11.6 Å². The number of nitrogens with one attached hydrogen (secondary N) is 1. The summed E-state index contributed by atoms with van der Waals surface area (Å²) in [7, 11) is 0. The van der Waals surface area contributed by atoms with Gasteiger partial charge in [-0.05, 0) is 44.3 Å². The molecule has 0 fully saturated rings. The Labute approximate surface area is 130 Å². The first-order valence-electron chi connectivity index (χ1n) is 7.36. The van der Waals surface area contributed by atoms with Crippen LogP contribution in [0.25, 0.3) is 10.9 Å². The topological polar surface area (TPSA) is 28.2 Å². The quantitative estimate of drug-likeness (QED) is 0.778. The van der Waals surface area contributed by atoms with Crippen molar-refractivity contribution in [3.05, 3.63) is 35.1 Å². The molecule has 21 heavy (non-hydrogen) atoms. The summed E-state index contributed by atoms with van der Waals surface area (Å²) in [6, 6.07) is 6.75. The van der Waals surface area contributed by atoms with Crippen LogP contribution in [0, 0.1) is 5.82 Å². The Kier molecular flexibility index (Phi) is 5.76. The van der Waals surface area contributed by atoms with Crippen LogP contribution in [-0.4, -0.2) is 36.1 Å². The molecule has 1 heterocycles. The second-order valence-corrected chi connectivity index (χ2v) is 5.40. The van der Waals surface area contributed by atoms with Crippen LogP contribution in [0.5, 0.6) is 0 Å². The molecule has 0 radical (unpaired) electrons. The third kappa shape index (κ3) is 4.29. The molecule has 0 bridgehead atoms. The lowest BCUT2D eigenvalue weighted by Crippen LogP contribution is -2.25. The van der Waals surface area contributed by atoms with Crippen LogP contribution in [0.4, 0.5) is 10.2 Å². The summed E-state index contributed by atoms with van der Waals surface area (Å²) in [5.41, 5.74) is 0.704. The van der Waals surface area contributed by atoms with Crippen molar-refractivity contribution in [3.63, 3.8) is 0 Å². The zero-order chi connectivity index (χ0) is 15.2. The van der Waals surface area contributed by atoms with E-state index >= 15 is 0 Å². The van der Waals surface area contributed by atoms with Gasteiger partial charge in [0, 0.05) is 17.0 Å². The first kappa shape index (κ1) is 16.0. The molecule has 0 unspecified atom stereocenters. The Bertz CT molecular complexity index is 599. The lowest BCUT2D eigenvalue weighted by Gasteiger charge is -2.17. The second kappa shape index (κ2) is 7.57. The number of aromatic nitrogens is 1. The molecule has 114 valence electrons. The summed E-state index contributed by atoms with van der Waals surface area (Å²) < 4.78 is 14.0. The molecule has 0 spiro atoms. The summed E-state index contributed by atoms with van der Waals surface area (Å²) >= 11 is 5.94. The van der Waals surface area contributed by atoms with E-state index in [-0.39, 0.29) is 5.82 Å². The molecule has 0 aliphatic carbocycles. The van der Waals surface area contributed by atoms with Gasteiger partial charge >= 0.3 is 0 Å². The van der Waals surface area contributed by atoms with Crippen LogP contribution in [0.1, 0.15) is 20.3 Å². The Morgan fingerprint density at radius 1 is 1.24 bits per heavy atom. The third-order valence-corrected chi connectivity index (χ3v) is 3.81. The molecule has 0 aliphatic rings. The number of hydrogen-bond donors (Lipinski definition) is 1. The van der Waals surface area contributed by atoms with E-state index in [0.29, 0.717) is 22.9 Å². The number of fused-ring (bicyclic) bond motifs is 1. The molecule has 0 aliphatic heterocycles. The smallest absolute Gasteiger partial charge is 0.166 e. The molecule has 0 amide bonds. The van der Waals surface area contributed by atoms with Crippen molar-refractivity contribution in [2.24, 2.45) is 0 Å². The van der Waals surface area contributed by atoms with Crippen molar-refractivity contribution in [3.8, 4) is 0 Å². The minimum Gasteiger partial charge on any atom is -0.368 e. The summed E-state index contributed by atoms with van der Waals surface area (Å²) in [6.07, 6.45) is 0.955. The Morgan fingerprint density at radius 3 is 2.71 bits per heavy atom. The molecular weight excluding hydrogens is 289 g/mol. The highest BCUT2D eigenvalue weighted by atomic mass is 35.5. The predicted molar refractivity (Wildman–Crippen MR) is 87.6 cm³/mol. The highest BCUT2D eigenvalue weighted by Gasteiger charge is 2.07. The van der Waals surface area contributed by atoms with Gasteiger partial charge in [-0.2, -0.15) is 0 Å². The van der Waals surface area contributed by atoms with E-state index in [4.69, 9.17) is 11.6 Å². The van der Waals surface area contributed by atoms with Crippen molar-refractivity contribution >= 4 is 28.3 Å². The Balaban J connectivity index is 2.00. The zero-order valence-electron chi connectivity index (χ0n) is 12.5. The van der Waals surface area contributed by atoms with E-state index in [2.05, 4.69) is 29.0 Å². The predicted octanol–water partition coefficient (Wildman–Crippen LogP) is 4.17. The molecule has 5 heteroatoms. The van der Waals surface area contributed by atoms with Gasteiger partial charge in [0.05, 0.1) is 5.52 Å². The first-order valence-corrected chi connectivity index (χ1v) is 7.73. The summed E-state index contributed by atoms with van der Waals surface area (Å²) in [5, 5.41) is 4.43. The average molecular weight is 310 g/mol. The van der Waals surface area contributed by atoms with Gasteiger partial charge in [-0.1, -0.05) is 31.5 Å². The van der Waals surface area contributed by atoms with Gasteiger partial charge in [0.15, 0.2) is 11.6 Å². The van der Waals surface area contributed by atoms with Crippen molar-refractivity contribution in [1.29, 1.82) is 0 Å². The SMILES string of the molecule is CCN(CC)CCCNc1nc2cc(Cl)ccc2cc1F. The van der Waals surface area contributed by atoms with Gasteiger partial charge in [-0.3, -0.25) is 0 Å². The molecule has 1 aromatic heterocycles. The molecule has 2 rings (SSSR count). The molecule has 0 saturated carbocycles. The monoisotopic (exact) mass is 309 g/mol. The van der Waals surface area contributed by atoms with Gasteiger partial charge < -0.3 is 10.2 Å². The van der Waals surface area contributed by atoms with Gasteiger partial charge in [-0.25, -0.2) is 9.37 Å². The molecule has 0 saturated heterocycles. The maximum Gasteiger partial charge on any atom is 0.166 e. The van der Waals surface area contributed by atoms with Crippen LogP contribution in [0.2, 0.25) is 5.02 Å². The van der Waals surface area contributed by atoms with Crippen LogP contribution in [0.3, 0.4) is 0 Å². The van der Waals surface area contributed by atoms with E-state index in [0.717, 1.165) is 31.4 Å². The number of anilines is 1. The van der Waals surface area contributed by atoms with Crippen LogP contribution in [0.15, 0.2) is 24.3 Å². The van der Waals surface area contributed by atoms with Crippen LogP contribution < -0.4 is 5.32 Å². The first-order chi connectivity index (χ1) is 10.1. The summed E-state index contributed by atoms with van der Waals surface area (Å²) in [4.78, 5) is 6.65. The average Bonchev–Trinajstić information content (AvgIpc) is 2.48. The van der Waals surface area contributed by atoms with Gasteiger partial charge in [-0.15, -0.1) is 0 Å². The summed E-state index contributed by atoms with van der Waals surface area (Å²) in [5.74, 6) is -0.0306. The van der Waals surface area contributed by atoms with Gasteiger partial charge in [0.2, 0.25) is 0 Å². The fraction of sp³-hybridized carbons (Fsp3) is 0.438. The van der Waals surface area contributed by atoms with E-state index in [9.17, 15) is 4.39 Å². The zero-order valence-corrected chi connectivity index (χ0v) is 13.3. The normalized spacial score (nSPS) is 11.3. The maximum absolute atomic E-state index is 14.0. The van der Waals surface area contributed by atoms with Gasteiger partial charge in [0.25, 0.3) is 0 Å². The molecule has 1 N–H and O–H groups in total. The number of rotatable bonds is 7. The van der Waals surface area contributed by atoms with Gasteiger partial charge in [0.1, 0.15) is 0 Å². The lowest BCUT2D eigenvalue weighted by atomic mass is 10.2. The lowest BCUT2D eigenvalue weighted by molar-refractivity contribution is 0.303. The third-order valence-electron chi connectivity index (χ3n) is 3.57. The van der Waals surface area contributed by atoms with Crippen molar-refractivity contribution < 1.29 is 4.39 Å². The standard InChI is InChI=1S/C16H21ClFN3/c1-3-21(4-2)9-5-8-19-16-14(18)10-12-6-7-13(17)11-15(12)20-16/h6-7,10-11H,3-5,8-9H2,1-2H3,(H,19,20). The minimum absolute atomic E-state index is 0.296. The fourth-order valence-electron chi connectivity index (χ4n) is 2.29. The highest BCUT2D eigenvalue weighted by molar-refractivity contribution is 6.31. The number of hydrogen-bond acceptors (Lipinski definition) is 3. The number of nitrogens with zero attached hydrogens (tertiary/aromatic N) is 2. The van der Waals surface area contributed by atoms with E-state index in [1.54, 1.807) is 18.2 Å². The molecule has 3 nitrogen and oxygen atoms in total. The highest BCUT2D eigenvalue weighted by Crippen LogP contribution is 2.22. The fourth-order valence-corrected chi connectivity index (χ4v) is 2.45. The van der Waals surface area contributed by atoms with E-state index in [1.807, 2.05) is 0 Å². The minimum atomic E-state index is -0.326. The molecule has 0 atom stereocenters. The molecule has 2 aromatic rings. The van der Waals surface area contributed by atoms with Crippen molar-refractivity contribution in [2.45, 2.75) is 20.3 Å². The molecule has 1 aromatic carbocycles. The number of pyridine rings is 1. The van der Waals surface area contributed by atoms with Crippen molar-refractivity contribution in [2.75, 3.05) is 31.5 Å². The van der Waals surface area contributed by atoms with Crippen molar-refractivity contribution in [1.82, 2.24) is 9.88 Å².